The Kier molecular flexibility index (Phi) is 6.36. The minimum Gasteiger partial charge on any atom is -0.507 e. The molecule has 0 saturated carbocycles. The lowest BCUT2D eigenvalue weighted by Gasteiger charge is -2.14. The van der Waals surface area contributed by atoms with E-state index in [1.807, 2.05) is 6.07 Å². The number of halogens is 1. The molecular formula is C22H19ClN2O4. The molecule has 0 aromatic heterocycles. The Morgan fingerprint density at radius 1 is 1.03 bits per heavy atom. The van der Waals surface area contributed by atoms with Crippen molar-refractivity contribution in [2.45, 2.75) is 0 Å². The third-order valence-corrected chi connectivity index (χ3v) is 4.35. The Morgan fingerprint density at radius 2 is 1.76 bits per heavy atom. The second-order valence-electron chi connectivity index (χ2n) is 6.01. The van der Waals surface area contributed by atoms with E-state index in [-0.39, 0.29) is 11.7 Å². The molecule has 0 bridgehead atoms. The smallest absolute Gasteiger partial charge is 0.255 e. The zero-order chi connectivity index (χ0) is 20.8. The number of rotatable bonds is 6. The van der Waals surface area contributed by atoms with Crippen LogP contribution in [-0.4, -0.2) is 31.4 Å². The summed E-state index contributed by atoms with van der Waals surface area (Å²) >= 11 is 5.97. The number of methoxy groups -OCH3 is 2. The highest BCUT2D eigenvalue weighted by atomic mass is 35.5. The van der Waals surface area contributed by atoms with E-state index in [0.29, 0.717) is 39.0 Å². The number of anilines is 1. The van der Waals surface area contributed by atoms with Gasteiger partial charge in [-0.15, -0.1) is 0 Å². The molecular weight excluding hydrogens is 392 g/mol. The van der Waals surface area contributed by atoms with Crippen LogP contribution in [-0.2, 0) is 0 Å². The molecule has 0 aliphatic heterocycles. The minimum absolute atomic E-state index is 0.0517. The van der Waals surface area contributed by atoms with Crippen LogP contribution in [0.2, 0.25) is 5.02 Å². The van der Waals surface area contributed by atoms with Gasteiger partial charge >= 0.3 is 0 Å². The molecule has 0 aliphatic rings. The maximum atomic E-state index is 12.5. The standard InChI is InChI=1S/C22H19ClN2O4/c1-28-20-12-18(25-22(27)14-6-4-3-5-7-14)21(29-2)11-17(20)24-13-15-10-16(23)8-9-19(15)26/h3-13,26H,1-2H3,(H,25,27). The molecule has 6 nitrogen and oxygen atoms in total. The van der Waals surface area contributed by atoms with Crippen LogP contribution < -0.4 is 14.8 Å². The van der Waals surface area contributed by atoms with Gasteiger partial charge in [-0.1, -0.05) is 29.8 Å². The van der Waals surface area contributed by atoms with E-state index < -0.39 is 0 Å². The number of nitrogens with zero attached hydrogens (tertiary/aromatic N) is 1. The largest absolute Gasteiger partial charge is 0.507 e. The topological polar surface area (TPSA) is 80.2 Å². The number of nitrogens with one attached hydrogen (secondary N) is 1. The van der Waals surface area contributed by atoms with Crippen molar-refractivity contribution in [3.8, 4) is 17.2 Å². The zero-order valence-electron chi connectivity index (χ0n) is 15.8. The number of phenolic OH excluding ortho intramolecular Hbond substituents is 1. The molecule has 3 aromatic carbocycles. The summed E-state index contributed by atoms with van der Waals surface area (Å²) < 4.78 is 10.8. The molecule has 29 heavy (non-hydrogen) atoms. The Bertz CT molecular complexity index is 1050. The summed E-state index contributed by atoms with van der Waals surface area (Å²) in [5, 5.41) is 13.2. The van der Waals surface area contributed by atoms with Gasteiger partial charge < -0.3 is 19.9 Å². The van der Waals surface area contributed by atoms with Crippen LogP contribution in [0.5, 0.6) is 17.2 Å². The van der Waals surface area contributed by atoms with Gasteiger partial charge in [0.15, 0.2) is 0 Å². The van der Waals surface area contributed by atoms with Gasteiger partial charge in [-0.3, -0.25) is 9.79 Å². The molecule has 0 heterocycles. The minimum atomic E-state index is -0.272. The number of phenols is 1. The van der Waals surface area contributed by atoms with Crippen molar-refractivity contribution in [2.24, 2.45) is 4.99 Å². The number of carbonyl (C=O) groups is 1. The lowest BCUT2D eigenvalue weighted by atomic mass is 10.2. The van der Waals surface area contributed by atoms with Gasteiger partial charge in [0.2, 0.25) is 0 Å². The molecule has 3 aromatic rings. The number of benzene rings is 3. The predicted octanol–water partition coefficient (Wildman–Crippen LogP) is 5.07. The summed E-state index contributed by atoms with van der Waals surface area (Å²) in [6.07, 6.45) is 1.47. The monoisotopic (exact) mass is 410 g/mol. The molecule has 0 radical (unpaired) electrons. The van der Waals surface area contributed by atoms with Crippen molar-refractivity contribution in [1.82, 2.24) is 0 Å². The third-order valence-electron chi connectivity index (χ3n) is 4.12. The van der Waals surface area contributed by atoms with Crippen molar-refractivity contribution in [3.05, 3.63) is 76.8 Å². The quantitative estimate of drug-likeness (QED) is 0.556. The highest BCUT2D eigenvalue weighted by Crippen LogP contribution is 2.38. The van der Waals surface area contributed by atoms with Crippen LogP contribution >= 0.6 is 11.6 Å². The Morgan fingerprint density at radius 3 is 2.45 bits per heavy atom. The van der Waals surface area contributed by atoms with E-state index in [9.17, 15) is 9.90 Å². The number of aliphatic imine (C=N–C) groups is 1. The van der Waals surface area contributed by atoms with E-state index in [0.717, 1.165) is 0 Å². The first-order chi connectivity index (χ1) is 14.0. The molecule has 0 spiro atoms. The number of hydrogen-bond acceptors (Lipinski definition) is 5. The van der Waals surface area contributed by atoms with Crippen LogP contribution in [0.1, 0.15) is 15.9 Å². The number of hydrogen-bond donors (Lipinski definition) is 2. The summed E-state index contributed by atoms with van der Waals surface area (Å²) in [7, 11) is 3.00. The molecule has 148 valence electrons. The zero-order valence-corrected chi connectivity index (χ0v) is 16.6. The summed E-state index contributed by atoms with van der Waals surface area (Å²) in [6.45, 7) is 0. The summed E-state index contributed by atoms with van der Waals surface area (Å²) in [5.41, 5.74) is 1.89. The van der Waals surface area contributed by atoms with E-state index in [4.69, 9.17) is 21.1 Å². The SMILES string of the molecule is COc1cc(NC(=O)c2ccccc2)c(OC)cc1N=Cc1cc(Cl)ccc1O. The highest BCUT2D eigenvalue weighted by Gasteiger charge is 2.14. The normalized spacial score (nSPS) is 10.7. The van der Waals surface area contributed by atoms with Crippen LogP contribution in [0.3, 0.4) is 0 Å². The van der Waals surface area contributed by atoms with Crippen molar-refractivity contribution in [2.75, 3.05) is 19.5 Å². The van der Waals surface area contributed by atoms with Crippen LogP contribution in [0, 0.1) is 0 Å². The van der Waals surface area contributed by atoms with Crippen molar-refractivity contribution in [1.29, 1.82) is 0 Å². The van der Waals surface area contributed by atoms with E-state index >= 15 is 0 Å². The lowest BCUT2D eigenvalue weighted by Crippen LogP contribution is -2.12. The fourth-order valence-corrected chi connectivity index (χ4v) is 2.81. The summed E-state index contributed by atoms with van der Waals surface area (Å²) in [4.78, 5) is 16.8. The molecule has 0 unspecified atom stereocenters. The molecule has 0 saturated heterocycles. The average Bonchev–Trinajstić information content (AvgIpc) is 2.75. The second-order valence-corrected chi connectivity index (χ2v) is 6.44. The Balaban J connectivity index is 1.93. The number of amides is 1. The summed E-state index contributed by atoms with van der Waals surface area (Å²) in [6, 6.07) is 16.8. The highest BCUT2D eigenvalue weighted by molar-refractivity contribution is 6.30. The third kappa shape index (κ3) is 4.86. The first-order valence-corrected chi connectivity index (χ1v) is 9.04. The maximum absolute atomic E-state index is 12.5. The molecule has 2 N–H and O–H groups in total. The van der Waals surface area contributed by atoms with Crippen molar-refractivity contribution in [3.63, 3.8) is 0 Å². The number of aromatic hydroxyl groups is 1. The van der Waals surface area contributed by atoms with E-state index in [1.54, 1.807) is 48.5 Å². The van der Waals surface area contributed by atoms with Gasteiger partial charge in [-0.25, -0.2) is 0 Å². The molecule has 0 aliphatic carbocycles. The van der Waals surface area contributed by atoms with Crippen LogP contribution in [0.15, 0.2) is 65.7 Å². The second kappa shape index (κ2) is 9.12. The molecule has 1 amide bonds. The van der Waals surface area contributed by atoms with Crippen molar-refractivity contribution >= 4 is 35.1 Å². The number of ether oxygens (including phenoxy) is 2. The first-order valence-electron chi connectivity index (χ1n) is 8.67. The Hall–Kier alpha value is -3.51. The van der Waals surface area contributed by atoms with Gasteiger partial charge in [0.25, 0.3) is 5.91 Å². The van der Waals surface area contributed by atoms with Gasteiger partial charge in [0, 0.05) is 34.5 Å². The maximum Gasteiger partial charge on any atom is 0.255 e. The first kappa shape index (κ1) is 20.2. The Labute approximate surface area is 173 Å². The van der Waals surface area contributed by atoms with Gasteiger partial charge in [-0.2, -0.15) is 0 Å². The molecule has 7 heteroatoms. The molecule has 0 fully saturated rings. The average molecular weight is 411 g/mol. The van der Waals surface area contributed by atoms with Crippen LogP contribution in [0.25, 0.3) is 0 Å². The molecule has 0 atom stereocenters. The summed E-state index contributed by atoms with van der Waals surface area (Å²) in [5.74, 6) is 0.617. The molecule has 3 rings (SSSR count). The predicted molar refractivity (Wildman–Crippen MR) is 114 cm³/mol. The fourth-order valence-electron chi connectivity index (χ4n) is 2.63. The lowest BCUT2D eigenvalue weighted by molar-refractivity contribution is 0.102. The number of carbonyl (C=O) groups excluding carboxylic acids is 1. The fraction of sp³-hybridized carbons (Fsp3) is 0.0909. The van der Waals surface area contributed by atoms with E-state index in [1.165, 1.54) is 26.5 Å². The van der Waals surface area contributed by atoms with Crippen LogP contribution in [0.4, 0.5) is 11.4 Å². The van der Waals surface area contributed by atoms with Gasteiger partial charge in [-0.05, 0) is 30.3 Å². The van der Waals surface area contributed by atoms with Crippen molar-refractivity contribution < 1.29 is 19.4 Å². The van der Waals surface area contributed by atoms with E-state index in [2.05, 4.69) is 10.3 Å². The van der Waals surface area contributed by atoms with Gasteiger partial charge in [0.1, 0.15) is 22.9 Å². The van der Waals surface area contributed by atoms with Gasteiger partial charge in [0.05, 0.1) is 19.9 Å².